The Balaban J connectivity index is 1.22. The monoisotopic (exact) mass is 437 g/mol. The molecule has 0 bridgehead atoms. The van der Waals surface area contributed by atoms with E-state index in [0.29, 0.717) is 36.3 Å². The minimum Gasteiger partial charge on any atom is -0.337 e. The number of piperidine rings is 1. The van der Waals surface area contributed by atoms with E-state index in [1.54, 1.807) is 22.2 Å². The van der Waals surface area contributed by atoms with Crippen LogP contribution in [0.25, 0.3) is 10.2 Å². The highest BCUT2D eigenvalue weighted by Gasteiger charge is 2.27. The summed E-state index contributed by atoms with van der Waals surface area (Å²) in [7, 11) is 0. The third-order valence-corrected chi connectivity index (χ3v) is 6.88. The van der Waals surface area contributed by atoms with Gasteiger partial charge in [-0.1, -0.05) is 47.1 Å². The Hall–Kier alpha value is -2.77. The first kappa shape index (κ1) is 19.2. The van der Waals surface area contributed by atoms with Crippen LogP contribution in [-0.2, 0) is 6.54 Å². The lowest BCUT2D eigenvalue weighted by atomic mass is 9.97. The Labute approximate surface area is 183 Å². The standard InChI is InChI=1S/C22H20ClN5OS/c23-17-6-7-20-18(12-17)24-21(30-20)16-8-10-27(11-9-16)22(29)19-14-28(26-25-19)13-15-4-2-1-3-5-15/h1-7,12,14,16H,8-11,13H2. The number of likely N-dealkylation sites (tertiary alicyclic amines) is 1. The van der Waals surface area contributed by atoms with Gasteiger partial charge in [0.25, 0.3) is 5.91 Å². The average molecular weight is 438 g/mol. The molecule has 0 unspecified atom stereocenters. The molecule has 1 amide bonds. The fraction of sp³-hybridized carbons (Fsp3) is 0.273. The number of hydrogen-bond donors (Lipinski definition) is 0. The summed E-state index contributed by atoms with van der Waals surface area (Å²) in [6.45, 7) is 2.00. The lowest BCUT2D eigenvalue weighted by molar-refractivity contribution is 0.0707. The van der Waals surface area contributed by atoms with Gasteiger partial charge in [-0.2, -0.15) is 0 Å². The summed E-state index contributed by atoms with van der Waals surface area (Å²) < 4.78 is 2.87. The third kappa shape index (κ3) is 3.95. The van der Waals surface area contributed by atoms with Crippen LogP contribution < -0.4 is 0 Å². The Morgan fingerprint density at radius 3 is 2.73 bits per heavy atom. The second-order valence-electron chi connectivity index (χ2n) is 7.52. The molecule has 6 nitrogen and oxygen atoms in total. The summed E-state index contributed by atoms with van der Waals surface area (Å²) in [5.41, 5.74) is 2.48. The number of thiazole rings is 1. The highest BCUT2D eigenvalue weighted by molar-refractivity contribution is 7.18. The lowest BCUT2D eigenvalue weighted by Crippen LogP contribution is -2.38. The molecule has 0 radical (unpaired) electrons. The van der Waals surface area contributed by atoms with Gasteiger partial charge in [-0.05, 0) is 36.6 Å². The summed E-state index contributed by atoms with van der Waals surface area (Å²) in [5.74, 6) is 0.322. The molecule has 0 atom stereocenters. The zero-order valence-corrected chi connectivity index (χ0v) is 17.8. The van der Waals surface area contributed by atoms with Crippen molar-refractivity contribution in [1.29, 1.82) is 0 Å². The van der Waals surface area contributed by atoms with Gasteiger partial charge in [0, 0.05) is 24.0 Å². The van der Waals surface area contributed by atoms with Crippen molar-refractivity contribution >= 4 is 39.1 Å². The minimum absolute atomic E-state index is 0.0520. The molecule has 1 aliphatic heterocycles. The number of hydrogen-bond acceptors (Lipinski definition) is 5. The molecule has 0 spiro atoms. The van der Waals surface area contributed by atoms with E-state index >= 15 is 0 Å². The summed E-state index contributed by atoms with van der Waals surface area (Å²) in [5, 5.41) is 10.1. The summed E-state index contributed by atoms with van der Waals surface area (Å²) >= 11 is 7.80. The molecule has 0 aliphatic carbocycles. The molecule has 8 heteroatoms. The van der Waals surface area contributed by atoms with Crippen molar-refractivity contribution in [1.82, 2.24) is 24.9 Å². The van der Waals surface area contributed by atoms with Gasteiger partial charge in [0.05, 0.1) is 28.0 Å². The van der Waals surface area contributed by atoms with Crippen LogP contribution in [0.15, 0.2) is 54.7 Å². The predicted octanol–water partition coefficient (Wildman–Crippen LogP) is 4.61. The van der Waals surface area contributed by atoms with Crippen molar-refractivity contribution in [3.63, 3.8) is 0 Å². The van der Waals surface area contributed by atoms with Crippen LogP contribution in [0.1, 0.15) is 39.8 Å². The highest BCUT2D eigenvalue weighted by Crippen LogP contribution is 2.34. The SMILES string of the molecule is O=C(c1cn(Cc2ccccc2)nn1)N1CCC(c2nc3cc(Cl)ccc3s2)CC1. The van der Waals surface area contributed by atoms with E-state index in [4.69, 9.17) is 16.6 Å². The number of halogens is 1. The Morgan fingerprint density at radius 2 is 1.93 bits per heavy atom. The summed E-state index contributed by atoms with van der Waals surface area (Å²) in [6, 6.07) is 15.9. The van der Waals surface area contributed by atoms with Gasteiger partial charge in [-0.25, -0.2) is 9.67 Å². The first-order chi connectivity index (χ1) is 14.7. The van der Waals surface area contributed by atoms with Gasteiger partial charge >= 0.3 is 0 Å². The van der Waals surface area contributed by atoms with E-state index in [1.165, 1.54) is 0 Å². The molecule has 1 saturated heterocycles. The van der Waals surface area contributed by atoms with Crippen molar-refractivity contribution in [2.24, 2.45) is 0 Å². The van der Waals surface area contributed by atoms with Crippen molar-refractivity contribution < 1.29 is 4.79 Å². The van der Waals surface area contributed by atoms with Crippen LogP contribution in [0.5, 0.6) is 0 Å². The minimum atomic E-state index is -0.0520. The Bertz CT molecular complexity index is 1180. The van der Waals surface area contributed by atoms with Gasteiger partial charge in [0.1, 0.15) is 0 Å². The largest absolute Gasteiger partial charge is 0.337 e. The van der Waals surface area contributed by atoms with Crippen molar-refractivity contribution in [2.45, 2.75) is 25.3 Å². The van der Waals surface area contributed by atoms with Crippen LogP contribution in [0, 0.1) is 0 Å². The maximum absolute atomic E-state index is 12.9. The Morgan fingerprint density at radius 1 is 1.13 bits per heavy atom. The predicted molar refractivity (Wildman–Crippen MR) is 118 cm³/mol. The van der Waals surface area contributed by atoms with E-state index in [1.807, 2.05) is 53.4 Å². The zero-order valence-electron chi connectivity index (χ0n) is 16.2. The number of benzene rings is 2. The van der Waals surface area contributed by atoms with Crippen LogP contribution in [0.3, 0.4) is 0 Å². The number of nitrogens with zero attached hydrogens (tertiary/aromatic N) is 5. The number of rotatable bonds is 4. The molecular formula is C22H20ClN5OS. The van der Waals surface area contributed by atoms with E-state index in [2.05, 4.69) is 10.3 Å². The van der Waals surface area contributed by atoms with Gasteiger partial charge in [0.15, 0.2) is 5.69 Å². The molecule has 2 aromatic heterocycles. The molecule has 0 N–H and O–H groups in total. The molecule has 30 heavy (non-hydrogen) atoms. The van der Waals surface area contributed by atoms with Gasteiger partial charge in [0.2, 0.25) is 0 Å². The van der Waals surface area contributed by atoms with Gasteiger partial charge in [-0.15, -0.1) is 16.4 Å². The van der Waals surface area contributed by atoms with E-state index < -0.39 is 0 Å². The zero-order chi connectivity index (χ0) is 20.5. The number of aromatic nitrogens is 4. The number of carbonyl (C=O) groups excluding carboxylic acids is 1. The second kappa shape index (κ2) is 8.16. The summed E-state index contributed by atoms with van der Waals surface area (Å²) in [6.07, 6.45) is 3.54. The number of carbonyl (C=O) groups is 1. The molecule has 4 aromatic rings. The molecule has 5 rings (SSSR count). The van der Waals surface area contributed by atoms with Crippen molar-refractivity contribution in [2.75, 3.05) is 13.1 Å². The fourth-order valence-electron chi connectivity index (χ4n) is 3.83. The maximum atomic E-state index is 12.9. The molecule has 1 aliphatic rings. The number of amides is 1. The second-order valence-corrected chi connectivity index (χ2v) is 9.02. The molecule has 0 saturated carbocycles. The van der Waals surface area contributed by atoms with Gasteiger partial charge < -0.3 is 4.90 Å². The topological polar surface area (TPSA) is 63.9 Å². The smallest absolute Gasteiger partial charge is 0.276 e. The van der Waals surface area contributed by atoms with Crippen LogP contribution in [0.4, 0.5) is 0 Å². The molecular weight excluding hydrogens is 418 g/mol. The van der Waals surface area contributed by atoms with Crippen LogP contribution >= 0.6 is 22.9 Å². The number of fused-ring (bicyclic) bond motifs is 1. The van der Waals surface area contributed by atoms with E-state index in [0.717, 1.165) is 33.6 Å². The van der Waals surface area contributed by atoms with Crippen LogP contribution in [0.2, 0.25) is 5.02 Å². The first-order valence-corrected chi connectivity index (χ1v) is 11.1. The fourth-order valence-corrected chi connectivity index (χ4v) is 5.11. The Kier molecular flexibility index (Phi) is 5.23. The molecule has 1 fully saturated rings. The van der Waals surface area contributed by atoms with Crippen LogP contribution in [-0.4, -0.2) is 43.9 Å². The third-order valence-electron chi connectivity index (χ3n) is 5.44. The highest BCUT2D eigenvalue weighted by atomic mass is 35.5. The lowest BCUT2D eigenvalue weighted by Gasteiger charge is -2.30. The maximum Gasteiger partial charge on any atom is 0.276 e. The molecule has 2 aromatic carbocycles. The molecule has 3 heterocycles. The summed E-state index contributed by atoms with van der Waals surface area (Å²) in [4.78, 5) is 19.5. The van der Waals surface area contributed by atoms with Gasteiger partial charge in [-0.3, -0.25) is 4.79 Å². The molecule has 152 valence electrons. The first-order valence-electron chi connectivity index (χ1n) is 9.95. The van der Waals surface area contributed by atoms with E-state index in [-0.39, 0.29) is 5.91 Å². The van der Waals surface area contributed by atoms with Crippen molar-refractivity contribution in [3.8, 4) is 0 Å². The quantitative estimate of drug-likeness (QED) is 0.467. The normalized spacial score (nSPS) is 15.0. The average Bonchev–Trinajstić information content (AvgIpc) is 3.41. The van der Waals surface area contributed by atoms with E-state index in [9.17, 15) is 4.79 Å². The van der Waals surface area contributed by atoms with Crippen molar-refractivity contribution in [3.05, 3.63) is 76.0 Å².